The Labute approximate surface area is 221 Å². The maximum Gasteiger partial charge on any atom is 0.280 e. The second-order valence-corrected chi connectivity index (χ2v) is 10.3. The molecule has 13 heteroatoms. The molecule has 0 saturated carbocycles. The summed E-state index contributed by atoms with van der Waals surface area (Å²) < 4.78 is 29.9. The molecule has 0 saturated heterocycles. The molecule has 1 aliphatic rings. The zero-order valence-corrected chi connectivity index (χ0v) is 21.9. The number of oxime groups is 1. The van der Waals surface area contributed by atoms with Crippen molar-refractivity contribution in [3.8, 4) is 11.1 Å². The average Bonchev–Trinajstić information content (AvgIpc) is 3.57. The molecule has 0 fully saturated rings. The summed E-state index contributed by atoms with van der Waals surface area (Å²) in [6, 6.07) is 8.65. The smallest absolute Gasteiger partial charge is 0.280 e. The lowest BCUT2D eigenvalue weighted by Gasteiger charge is -2.12. The van der Waals surface area contributed by atoms with Crippen LogP contribution in [0.4, 0.5) is 14.5 Å². The number of fused-ring (bicyclic) bond motifs is 1. The molecule has 2 amide bonds. The van der Waals surface area contributed by atoms with Crippen LogP contribution < -0.4 is 11.1 Å². The predicted molar refractivity (Wildman–Crippen MR) is 139 cm³/mol. The molecule has 4 aromatic rings. The number of benzene rings is 1. The van der Waals surface area contributed by atoms with E-state index in [1.165, 1.54) is 12.3 Å². The van der Waals surface area contributed by atoms with Gasteiger partial charge in [-0.25, -0.2) is 13.8 Å². The van der Waals surface area contributed by atoms with Crippen LogP contribution in [-0.2, 0) is 16.7 Å². The summed E-state index contributed by atoms with van der Waals surface area (Å²) in [6.07, 6.45) is -2.09. The molecule has 37 heavy (non-hydrogen) atoms. The Bertz CT molecular complexity index is 1600. The van der Waals surface area contributed by atoms with Crippen LogP contribution in [0.15, 0.2) is 46.2 Å². The molecule has 0 radical (unpaired) electrons. The molecule has 3 aromatic heterocycles. The van der Waals surface area contributed by atoms with Crippen molar-refractivity contribution in [3.05, 3.63) is 62.8 Å². The molecule has 190 valence electrons. The van der Waals surface area contributed by atoms with Crippen LogP contribution in [-0.4, -0.2) is 38.4 Å². The first-order chi connectivity index (χ1) is 17.6. The summed E-state index contributed by atoms with van der Waals surface area (Å²) in [7, 11) is 1.72. The van der Waals surface area contributed by atoms with Gasteiger partial charge in [-0.2, -0.15) is 5.10 Å². The molecule has 0 bridgehead atoms. The number of aryl methyl sites for hydroxylation is 1. The van der Waals surface area contributed by atoms with E-state index in [4.69, 9.17) is 10.6 Å². The molecule has 1 aromatic carbocycles. The average molecular weight is 589 g/mol. The topological polar surface area (TPSA) is 124 Å². The van der Waals surface area contributed by atoms with Crippen LogP contribution >= 0.6 is 27.3 Å². The molecule has 1 unspecified atom stereocenters. The zero-order chi connectivity index (χ0) is 26.4. The van der Waals surface area contributed by atoms with E-state index in [0.717, 1.165) is 21.4 Å². The summed E-state index contributed by atoms with van der Waals surface area (Å²) >= 11 is 4.24. The number of aromatic nitrogens is 3. The Kier molecular flexibility index (Phi) is 6.50. The number of pyridine rings is 1. The first kappa shape index (κ1) is 25.0. The number of hydrogen-bond acceptors (Lipinski definition) is 7. The minimum Gasteiger partial charge on any atom is -0.382 e. The summed E-state index contributed by atoms with van der Waals surface area (Å²) in [5.74, 6) is -1.40. The number of thiophene rings is 1. The largest absolute Gasteiger partial charge is 0.382 e. The van der Waals surface area contributed by atoms with Gasteiger partial charge in [0.1, 0.15) is 15.4 Å². The van der Waals surface area contributed by atoms with E-state index < -0.39 is 30.0 Å². The summed E-state index contributed by atoms with van der Waals surface area (Å²) in [6.45, 7) is 1.78. The second-order valence-electron chi connectivity index (χ2n) is 8.35. The van der Waals surface area contributed by atoms with E-state index in [2.05, 4.69) is 36.5 Å². The lowest BCUT2D eigenvalue weighted by atomic mass is 10.0. The monoisotopic (exact) mass is 588 g/mol. The van der Waals surface area contributed by atoms with E-state index >= 15 is 0 Å². The van der Waals surface area contributed by atoms with Crippen LogP contribution in [0.5, 0.6) is 0 Å². The second kappa shape index (κ2) is 9.63. The number of amides is 2. The van der Waals surface area contributed by atoms with Crippen molar-refractivity contribution in [3.63, 3.8) is 0 Å². The van der Waals surface area contributed by atoms with Gasteiger partial charge >= 0.3 is 0 Å². The molecule has 4 heterocycles. The van der Waals surface area contributed by atoms with Gasteiger partial charge in [0.25, 0.3) is 18.2 Å². The van der Waals surface area contributed by atoms with Crippen molar-refractivity contribution in [1.29, 1.82) is 0 Å². The Hall–Kier alpha value is -3.71. The van der Waals surface area contributed by atoms with Gasteiger partial charge < -0.3 is 15.9 Å². The standard InChI is InChI=1S/C24H19BrF2N6O3S/c1-10-14(9-29-33(10)2)13-7-16(21(26)27)30-24-18(13)19(20(37-24)22(28)34)31-23(35)17-8-15(32-36-17)11-4-3-5-12(25)6-11/h3-7,9,17,21H,8H2,1-2H3,(H2,28,34)(H,31,35). The van der Waals surface area contributed by atoms with Crippen LogP contribution in [0, 0.1) is 6.92 Å². The first-order valence-corrected chi connectivity index (χ1v) is 12.6. The van der Waals surface area contributed by atoms with Gasteiger partial charge in [-0.1, -0.05) is 33.2 Å². The van der Waals surface area contributed by atoms with Crippen molar-refractivity contribution < 1.29 is 23.2 Å². The predicted octanol–water partition coefficient (Wildman–Crippen LogP) is 4.94. The Morgan fingerprint density at radius 2 is 2.08 bits per heavy atom. The number of carbonyl (C=O) groups excluding carboxylic acids is 2. The molecule has 0 spiro atoms. The number of carbonyl (C=O) groups is 2. The fourth-order valence-corrected chi connectivity index (χ4v) is 5.47. The lowest BCUT2D eigenvalue weighted by Crippen LogP contribution is -2.29. The maximum atomic E-state index is 13.7. The van der Waals surface area contributed by atoms with Gasteiger partial charge in [0.05, 0.1) is 17.6 Å². The fourth-order valence-electron chi connectivity index (χ4n) is 4.06. The molecule has 5 rings (SSSR count). The molecule has 9 nitrogen and oxygen atoms in total. The summed E-state index contributed by atoms with van der Waals surface area (Å²) in [5.41, 5.74) is 8.21. The number of nitrogens with one attached hydrogen (secondary N) is 1. The molecule has 3 N–H and O–H groups in total. The molecular formula is C24H19BrF2N6O3S. The Balaban J connectivity index is 1.56. The van der Waals surface area contributed by atoms with E-state index in [9.17, 15) is 18.4 Å². The van der Waals surface area contributed by atoms with Crippen LogP contribution in [0.25, 0.3) is 21.3 Å². The van der Waals surface area contributed by atoms with Gasteiger partial charge in [0, 0.05) is 40.1 Å². The van der Waals surface area contributed by atoms with Crippen LogP contribution in [0.1, 0.15) is 39.5 Å². The van der Waals surface area contributed by atoms with Crippen molar-refractivity contribution in [2.24, 2.45) is 17.9 Å². The number of nitrogens with zero attached hydrogens (tertiary/aromatic N) is 4. The van der Waals surface area contributed by atoms with Crippen molar-refractivity contribution >= 4 is 60.7 Å². The quantitative estimate of drug-likeness (QED) is 0.330. The zero-order valence-electron chi connectivity index (χ0n) is 19.5. The number of rotatable bonds is 6. The maximum absolute atomic E-state index is 13.7. The van der Waals surface area contributed by atoms with Crippen molar-refractivity contribution in [1.82, 2.24) is 14.8 Å². The number of halogens is 3. The highest BCUT2D eigenvalue weighted by molar-refractivity contribution is 9.10. The molecular weight excluding hydrogens is 570 g/mol. The summed E-state index contributed by atoms with van der Waals surface area (Å²) in [4.78, 5) is 35.1. The highest BCUT2D eigenvalue weighted by Crippen LogP contribution is 2.43. The fraction of sp³-hybridized carbons (Fsp3) is 0.208. The van der Waals surface area contributed by atoms with E-state index in [1.54, 1.807) is 18.7 Å². The summed E-state index contributed by atoms with van der Waals surface area (Å²) in [5, 5.41) is 11.3. The van der Waals surface area contributed by atoms with Gasteiger partial charge in [-0.05, 0) is 30.7 Å². The number of nitrogens with two attached hydrogens (primary N) is 1. The third-order valence-corrected chi connectivity index (χ3v) is 7.61. The third-order valence-electron chi connectivity index (χ3n) is 6.02. The highest BCUT2D eigenvalue weighted by Gasteiger charge is 2.32. The Morgan fingerprint density at radius 3 is 2.73 bits per heavy atom. The number of hydrogen-bond donors (Lipinski definition) is 2. The minimum absolute atomic E-state index is 0.0174. The van der Waals surface area contributed by atoms with E-state index in [1.807, 2.05) is 24.3 Å². The Morgan fingerprint density at radius 1 is 1.30 bits per heavy atom. The molecule has 1 aliphatic heterocycles. The van der Waals surface area contributed by atoms with E-state index in [-0.39, 0.29) is 21.8 Å². The number of alkyl halides is 2. The van der Waals surface area contributed by atoms with Gasteiger partial charge in [-0.15, -0.1) is 11.3 Å². The lowest BCUT2D eigenvalue weighted by molar-refractivity contribution is -0.125. The minimum atomic E-state index is -2.85. The van der Waals surface area contributed by atoms with Gasteiger partial charge in [0.2, 0.25) is 6.10 Å². The van der Waals surface area contributed by atoms with Crippen LogP contribution in [0.2, 0.25) is 0 Å². The normalized spacial score (nSPS) is 15.2. The van der Waals surface area contributed by atoms with Crippen molar-refractivity contribution in [2.75, 3.05) is 5.32 Å². The van der Waals surface area contributed by atoms with Crippen molar-refractivity contribution in [2.45, 2.75) is 25.9 Å². The van der Waals surface area contributed by atoms with Gasteiger partial charge in [0.15, 0.2) is 0 Å². The van der Waals surface area contributed by atoms with Gasteiger partial charge in [-0.3, -0.25) is 14.3 Å². The highest BCUT2D eigenvalue weighted by atomic mass is 79.9. The molecule has 0 aliphatic carbocycles. The number of anilines is 1. The number of primary amides is 1. The third kappa shape index (κ3) is 4.60. The SMILES string of the molecule is Cc1c(-c2cc(C(F)F)nc3sc(C(N)=O)c(NC(=O)C4CC(c5cccc(Br)c5)=NO4)c23)cnn1C. The first-order valence-electron chi connectivity index (χ1n) is 11.0. The van der Waals surface area contributed by atoms with Crippen LogP contribution in [0.3, 0.4) is 0 Å². The van der Waals surface area contributed by atoms with E-state index in [0.29, 0.717) is 27.9 Å². The molecule has 1 atom stereocenters.